The molecule has 0 fully saturated rings. The van der Waals surface area contributed by atoms with Crippen molar-refractivity contribution in [2.24, 2.45) is 0 Å². The molecule has 1 N–H and O–H groups in total. The number of rotatable bonds is 5. The Morgan fingerprint density at radius 1 is 1.25 bits per heavy atom. The molecule has 0 aliphatic rings. The fourth-order valence-corrected chi connectivity index (χ4v) is 2.51. The molecule has 0 saturated heterocycles. The minimum Gasteiger partial charge on any atom is -0.494 e. The molecular weight excluding hydrogens is 295 g/mol. The number of pyridine rings is 1. The van der Waals surface area contributed by atoms with Crippen LogP contribution in [-0.2, 0) is 6.54 Å². The van der Waals surface area contributed by atoms with Gasteiger partial charge in [0.05, 0.1) is 12.3 Å². The third-order valence-corrected chi connectivity index (χ3v) is 3.29. The first-order chi connectivity index (χ1) is 9.60. The van der Waals surface area contributed by atoms with Gasteiger partial charge in [-0.15, -0.1) is 0 Å². The predicted molar refractivity (Wildman–Crippen MR) is 83.9 cm³/mol. The van der Waals surface area contributed by atoms with Gasteiger partial charge in [0.25, 0.3) is 0 Å². The third-order valence-electron chi connectivity index (χ3n) is 2.82. The fourth-order valence-electron chi connectivity index (χ4n) is 1.91. The molecule has 2 rings (SSSR count). The summed E-state index contributed by atoms with van der Waals surface area (Å²) in [6.45, 7) is 5.21. The maximum absolute atomic E-state index is 6.10. The van der Waals surface area contributed by atoms with Crippen molar-refractivity contribution in [2.75, 3.05) is 11.9 Å². The van der Waals surface area contributed by atoms with E-state index in [0.717, 1.165) is 22.6 Å². The molecule has 1 aromatic heterocycles. The zero-order valence-corrected chi connectivity index (χ0v) is 12.9. The number of nitrogens with one attached hydrogen (secondary N) is 1. The summed E-state index contributed by atoms with van der Waals surface area (Å²) in [4.78, 5) is 4.04. The lowest BCUT2D eigenvalue weighted by atomic mass is 10.2. The van der Waals surface area contributed by atoms with Crippen LogP contribution < -0.4 is 10.1 Å². The van der Waals surface area contributed by atoms with E-state index in [1.807, 2.05) is 38.1 Å². The molecule has 1 heterocycles. The van der Waals surface area contributed by atoms with Gasteiger partial charge in [0.1, 0.15) is 10.9 Å². The molecular formula is C15H16Cl2N2O. The highest BCUT2D eigenvalue weighted by Gasteiger charge is 2.07. The fraction of sp³-hybridized carbons (Fsp3) is 0.267. The van der Waals surface area contributed by atoms with Gasteiger partial charge < -0.3 is 10.1 Å². The van der Waals surface area contributed by atoms with E-state index >= 15 is 0 Å². The Kier molecular flexibility index (Phi) is 5.10. The van der Waals surface area contributed by atoms with E-state index < -0.39 is 0 Å². The smallest absolute Gasteiger partial charge is 0.154 e. The average molecular weight is 311 g/mol. The van der Waals surface area contributed by atoms with Gasteiger partial charge in [-0.3, -0.25) is 0 Å². The van der Waals surface area contributed by atoms with Crippen LogP contribution in [-0.4, -0.2) is 11.6 Å². The Bertz CT molecular complexity index is 579. The molecule has 0 radical (unpaired) electrons. The minimum absolute atomic E-state index is 0.385. The van der Waals surface area contributed by atoms with Gasteiger partial charge in [-0.05, 0) is 43.2 Å². The van der Waals surface area contributed by atoms with Crippen LogP contribution in [0, 0.1) is 6.92 Å². The lowest BCUT2D eigenvalue weighted by molar-refractivity contribution is 0.340. The summed E-state index contributed by atoms with van der Waals surface area (Å²) in [6, 6.07) is 9.73. The zero-order valence-electron chi connectivity index (χ0n) is 11.4. The van der Waals surface area contributed by atoms with Crippen LogP contribution in [0.2, 0.25) is 10.3 Å². The molecule has 2 aromatic rings. The minimum atomic E-state index is 0.385. The Labute approximate surface area is 128 Å². The van der Waals surface area contributed by atoms with Crippen molar-refractivity contribution < 1.29 is 4.74 Å². The van der Waals surface area contributed by atoms with Gasteiger partial charge in [-0.1, -0.05) is 35.3 Å². The Balaban J connectivity index is 2.11. The van der Waals surface area contributed by atoms with Gasteiger partial charge in [-0.2, -0.15) is 0 Å². The van der Waals surface area contributed by atoms with Gasteiger partial charge in [0.15, 0.2) is 5.15 Å². The average Bonchev–Trinajstić information content (AvgIpc) is 2.38. The van der Waals surface area contributed by atoms with Gasteiger partial charge in [0.2, 0.25) is 0 Å². The van der Waals surface area contributed by atoms with Crippen LogP contribution in [0.5, 0.6) is 5.75 Å². The Morgan fingerprint density at radius 3 is 2.75 bits per heavy atom. The SMILES string of the molecule is CCOc1cccc(CNc2c(C)cc(Cl)nc2Cl)c1. The topological polar surface area (TPSA) is 34.1 Å². The molecule has 1 aromatic carbocycles. The Hall–Kier alpha value is -1.45. The van der Waals surface area contributed by atoms with Crippen LogP contribution in [0.15, 0.2) is 30.3 Å². The van der Waals surface area contributed by atoms with Crippen molar-refractivity contribution in [3.63, 3.8) is 0 Å². The number of benzene rings is 1. The van der Waals surface area contributed by atoms with Crippen LogP contribution >= 0.6 is 23.2 Å². The van der Waals surface area contributed by atoms with Crippen LogP contribution in [0.4, 0.5) is 5.69 Å². The molecule has 0 spiro atoms. The molecule has 5 heteroatoms. The summed E-state index contributed by atoms with van der Waals surface area (Å²) in [5.74, 6) is 0.865. The van der Waals surface area contributed by atoms with Crippen LogP contribution in [0.25, 0.3) is 0 Å². The van der Waals surface area contributed by atoms with E-state index in [2.05, 4.69) is 10.3 Å². The molecule has 0 aliphatic carbocycles. The van der Waals surface area contributed by atoms with E-state index in [9.17, 15) is 0 Å². The number of hydrogen-bond acceptors (Lipinski definition) is 3. The summed E-state index contributed by atoms with van der Waals surface area (Å²) in [5.41, 5.74) is 2.88. The molecule has 0 aliphatic heterocycles. The second kappa shape index (κ2) is 6.82. The number of anilines is 1. The molecule has 0 unspecified atom stereocenters. The van der Waals surface area contributed by atoms with Crippen molar-refractivity contribution in [3.8, 4) is 5.75 Å². The second-order valence-corrected chi connectivity index (χ2v) is 5.11. The predicted octanol–water partition coefficient (Wildman–Crippen LogP) is 4.71. The quantitative estimate of drug-likeness (QED) is 0.812. The zero-order chi connectivity index (χ0) is 14.5. The summed E-state index contributed by atoms with van der Waals surface area (Å²) in [7, 11) is 0. The van der Waals surface area contributed by atoms with E-state index in [1.165, 1.54) is 0 Å². The highest BCUT2D eigenvalue weighted by molar-refractivity contribution is 6.34. The van der Waals surface area contributed by atoms with Gasteiger partial charge >= 0.3 is 0 Å². The maximum Gasteiger partial charge on any atom is 0.154 e. The number of aryl methyl sites for hydroxylation is 1. The summed E-state index contributed by atoms with van der Waals surface area (Å²) in [6.07, 6.45) is 0. The first kappa shape index (κ1) is 14.9. The molecule has 0 amide bonds. The maximum atomic E-state index is 6.10. The first-order valence-corrected chi connectivity index (χ1v) is 7.14. The molecule has 106 valence electrons. The molecule has 0 saturated carbocycles. The number of aromatic nitrogens is 1. The number of ether oxygens (including phenoxy) is 1. The van der Waals surface area contributed by atoms with Gasteiger partial charge in [-0.25, -0.2) is 4.98 Å². The largest absolute Gasteiger partial charge is 0.494 e. The third kappa shape index (κ3) is 3.78. The van der Waals surface area contributed by atoms with Crippen molar-refractivity contribution in [1.82, 2.24) is 4.98 Å². The normalized spacial score (nSPS) is 10.4. The van der Waals surface area contributed by atoms with Crippen LogP contribution in [0.3, 0.4) is 0 Å². The molecule has 20 heavy (non-hydrogen) atoms. The molecule has 0 bridgehead atoms. The van der Waals surface area contributed by atoms with Crippen molar-refractivity contribution in [3.05, 3.63) is 51.8 Å². The summed E-state index contributed by atoms with van der Waals surface area (Å²) in [5, 5.41) is 4.07. The molecule has 0 atom stereocenters. The number of halogens is 2. The van der Waals surface area contributed by atoms with E-state index in [1.54, 1.807) is 6.07 Å². The van der Waals surface area contributed by atoms with Crippen molar-refractivity contribution >= 4 is 28.9 Å². The van der Waals surface area contributed by atoms with E-state index in [-0.39, 0.29) is 0 Å². The highest BCUT2D eigenvalue weighted by Crippen LogP contribution is 2.27. The Morgan fingerprint density at radius 2 is 2.05 bits per heavy atom. The second-order valence-electron chi connectivity index (χ2n) is 4.36. The first-order valence-electron chi connectivity index (χ1n) is 6.38. The lowest BCUT2D eigenvalue weighted by Crippen LogP contribution is -2.03. The molecule has 3 nitrogen and oxygen atoms in total. The number of hydrogen-bond donors (Lipinski definition) is 1. The van der Waals surface area contributed by atoms with Crippen molar-refractivity contribution in [2.45, 2.75) is 20.4 Å². The van der Waals surface area contributed by atoms with Crippen LogP contribution in [0.1, 0.15) is 18.1 Å². The summed E-state index contributed by atoms with van der Waals surface area (Å²) < 4.78 is 5.48. The number of nitrogens with zero attached hydrogens (tertiary/aromatic N) is 1. The van der Waals surface area contributed by atoms with Crippen molar-refractivity contribution in [1.29, 1.82) is 0 Å². The van der Waals surface area contributed by atoms with E-state index in [0.29, 0.717) is 23.5 Å². The summed E-state index contributed by atoms with van der Waals surface area (Å²) >= 11 is 12.0. The van der Waals surface area contributed by atoms with E-state index in [4.69, 9.17) is 27.9 Å². The monoisotopic (exact) mass is 310 g/mol. The standard InChI is InChI=1S/C15H16Cl2N2O/c1-3-20-12-6-4-5-11(8-12)9-18-14-10(2)7-13(16)19-15(14)17/h4-8,18H,3,9H2,1-2H3. The highest BCUT2D eigenvalue weighted by atomic mass is 35.5. The van der Waals surface area contributed by atoms with Gasteiger partial charge in [0, 0.05) is 6.54 Å². The lowest BCUT2D eigenvalue weighted by Gasteiger charge is -2.12.